The number of rotatable bonds is 14. The number of carbonyl (C=O) groups excluding carboxylic acids is 1. The van der Waals surface area contributed by atoms with Crippen molar-refractivity contribution in [2.75, 3.05) is 13.2 Å². The van der Waals surface area contributed by atoms with Crippen molar-refractivity contribution in [3.8, 4) is 17.0 Å². The van der Waals surface area contributed by atoms with Gasteiger partial charge in [0.15, 0.2) is 0 Å². The van der Waals surface area contributed by atoms with Crippen molar-refractivity contribution in [3.63, 3.8) is 0 Å². The van der Waals surface area contributed by atoms with E-state index in [1.807, 2.05) is 36.6 Å². The maximum Gasteiger partial charge on any atom is 0.378 e. The van der Waals surface area contributed by atoms with E-state index in [4.69, 9.17) is 4.74 Å². The van der Waals surface area contributed by atoms with Crippen molar-refractivity contribution >= 4 is 16.9 Å². The maximum atomic E-state index is 14.3. The lowest BCUT2D eigenvalue weighted by molar-refractivity contribution is -0.368. The van der Waals surface area contributed by atoms with Crippen LogP contribution in [-0.2, 0) is 29.4 Å². The van der Waals surface area contributed by atoms with E-state index in [0.717, 1.165) is 34.5 Å². The number of aromatic nitrogens is 2. The van der Waals surface area contributed by atoms with E-state index >= 15 is 0 Å². The topological polar surface area (TPSA) is 53.4 Å². The van der Waals surface area contributed by atoms with Crippen molar-refractivity contribution in [1.82, 2.24) is 9.55 Å². The second kappa shape index (κ2) is 12.3. The van der Waals surface area contributed by atoms with Gasteiger partial charge in [-0.15, -0.1) is 0 Å². The minimum absolute atomic E-state index is 0.0225. The van der Waals surface area contributed by atoms with Crippen LogP contribution in [0.3, 0.4) is 0 Å². The summed E-state index contributed by atoms with van der Waals surface area (Å²) < 4.78 is 124. The summed E-state index contributed by atoms with van der Waals surface area (Å²) in [7, 11) is 1.75. The van der Waals surface area contributed by atoms with E-state index in [1.54, 1.807) is 13.1 Å². The van der Waals surface area contributed by atoms with Crippen LogP contribution in [-0.4, -0.2) is 52.4 Å². The van der Waals surface area contributed by atoms with Crippen LogP contribution in [0.2, 0.25) is 0 Å². The van der Waals surface area contributed by atoms with Gasteiger partial charge in [0.1, 0.15) is 5.75 Å². The summed E-state index contributed by atoms with van der Waals surface area (Å²) in [5, 5.41) is 0.749. The van der Waals surface area contributed by atoms with Gasteiger partial charge in [0, 0.05) is 41.5 Å². The first kappa shape index (κ1) is 32.9. The van der Waals surface area contributed by atoms with Gasteiger partial charge in [-0.2, -0.15) is 35.1 Å². The number of fused-ring (bicyclic) bond motifs is 1. The zero-order chi connectivity index (χ0) is 31.5. The number of pyridine rings is 1. The first-order chi connectivity index (χ1) is 19.5. The van der Waals surface area contributed by atoms with Crippen LogP contribution in [0.5, 0.6) is 5.75 Å². The molecule has 230 valence electrons. The maximum absolute atomic E-state index is 14.3. The van der Waals surface area contributed by atoms with Crippen molar-refractivity contribution in [2.45, 2.75) is 63.2 Å². The SMILES string of the molecule is C=CC(=O)OCCC(F)(F)C(F)(F)C(F)(F)C(F)(F)CCOc1ccc2cc(-c3ccc(CC)nc3CC)n(C)c2c1. The molecule has 0 fully saturated rings. The Bertz CT molecular complexity index is 1440. The van der Waals surface area contributed by atoms with Gasteiger partial charge in [-0.05, 0) is 43.2 Å². The molecular formula is C29H30F8N2O3. The molecule has 3 aromatic rings. The van der Waals surface area contributed by atoms with Gasteiger partial charge in [0.25, 0.3) is 0 Å². The van der Waals surface area contributed by atoms with Gasteiger partial charge in [-0.3, -0.25) is 4.98 Å². The lowest BCUT2D eigenvalue weighted by Crippen LogP contribution is -2.62. The fourth-order valence-electron chi connectivity index (χ4n) is 4.31. The highest BCUT2D eigenvalue weighted by Gasteiger charge is 2.79. The third kappa shape index (κ3) is 6.24. The zero-order valence-electron chi connectivity index (χ0n) is 23.1. The second-order valence-corrected chi connectivity index (χ2v) is 9.59. The monoisotopic (exact) mass is 606 g/mol. The average Bonchev–Trinajstić information content (AvgIpc) is 3.27. The van der Waals surface area contributed by atoms with Crippen LogP contribution in [0.15, 0.2) is 49.1 Å². The van der Waals surface area contributed by atoms with E-state index in [2.05, 4.69) is 16.3 Å². The fourth-order valence-corrected chi connectivity index (χ4v) is 4.31. The molecule has 1 aromatic carbocycles. The molecule has 13 heteroatoms. The lowest BCUT2D eigenvalue weighted by Gasteiger charge is -2.36. The quantitative estimate of drug-likeness (QED) is 0.107. The number of alkyl halides is 8. The van der Waals surface area contributed by atoms with Gasteiger partial charge in [-0.1, -0.05) is 20.4 Å². The molecule has 0 saturated heterocycles. The third-order valence-corrected chi connectivity index (χ3v) is 6.85. The van der Waals surface area contributed by atoms with Gasteiger partial charge in [0.2, 0.25) is 0 Å². The molecule has 0 aliphatic rings. The number of nitrogens with zero attached hydrogens (tertiary/aromatic N) is 2. The summed E-state index contributed by atoms with van der Waals surface area (Å²) >= 11 is 0. The fraction of sp³-hybridized carbons (Fsp3) is 0.448. The predicted molar refractivity (Wildman–Crippen MR) is 141 cm³/mol. The molecule has 0 amide bonds. The summed E-state index contributed by atoms with van der Waals surface area (Å²) in [6.45, 7) is 4.32. The average molecular weight is 607 g/mol. The highest BCUT2D eigenvalue weighted by atomic mass is 19.4. The number of ether oxygens (including phenoxy) is 2. The Morgan fingerprint density at radius 3 is 2.10 bits per heavy atom. The second-order valence-electron chi connectivity index (χ2n) is 9.59. The van der Waals surface area contributed by atoms with Crippen molar-refractivity contribution in [1.29, 1.82) is 0 Å². The molecule has 5 nitrogen and oxygen atoms in total. The number of aryl methyl sites for hydroxylation is 3. The molecule has 0 unspecified atom stereocenters. The standard InChI is InChI=1S/C29H30F8N2O3/c1-5-19-9-11-21(22(6-2)38-19)24-16-18-8-10-20(17-23(18)39(24)4)41-14-12-26(30,31)28(34,35)29(36,37)27(32,33)13-15-42-25(40)7-3/h7-11,16-17H,3,5-6,12-15H2,1-2,4H3. The summed E-state index contributed by atoms with van der Waals surface area (Å²) in [5.74, 6) is -25.4. The number of hydrogen-bond donors (Lipinski definition) is 0. The Morgan fingerprint density at radius 2 is 1.52 bits per heavy atom. The summed E-state index contributed by atoms with van der Waals surface area (Å²) in [6, 6.07) is 10.2. The predicted octanol–water partition coefficient (Wildman–Crippen LogP) is 7.79. The van der Waals surface area contributed by atoms with Crippen LogP contribution in [0.1, 0.15) is 38.1 Å². The molecule has 0 N–H and O–H groups in total. The van der Waals surface area contributed by atoms with Crippen LogP contribution < -0.4 is 4.74 Å². The first-order valence-corrected chi connectivity index (χ1v) is 13.0. The number of halogens is 8. The highest BCUT2D eigenvalue weighted by molar-refractivity contribution is 5.88. The minimum Gasteiger partial charge on any atom is -0.493 e. The molecule has 0 saturated carbocycles. The molecule has 0 bridgehead atoms. The van der Waals surface area contributed by atoms with E-state index in [0.29, 0.717) is 18.0 Å². The van der Waals surface area contributed by atoms with Gasteiger partial charge in [0.05, 0.1) is 37.3 Å². The Morgan fingerprint density at radius 1 is 0.905 bits per heavy atom. The zero-order valence-corrected chi connectivity index (χ0v) is 23.1. The van der Waals surface area contributed by atoms with Crippen LogP contribution in [0.25, 0.3) is 22.2 Å². The molecule has 0 aliphatic carbocycles. The number of hydrogen-bond acceptors (Lipinski definition) is 4. The third-order valence-electron chi connectivity index (χ3n) is 6.85. The van der Waals surface area contributed by atoms with Crippen LogP contribution in [0.4, 0.5) is 35.1 Å². The minimum atomic E-state index is -6.47. The van der Waals surface area contributed by atoms with E-state index in [-0.39, 0.29) is 5.75 Å². The van der Waals surface area contributed by atoms with Crippen molar-refractivity contribution in [3.05, 3.63) is 60.4 Å². The highest BCUT2D eigenvalue weighted by Crippen LogP contribution is 2.54. The normalized spacial score (nSPS) is 12.9. The largest absolute Gasteiger partial charge is 0.493 e. The molecule has 0 radical (unpaired) electrons. The lowest BCUT2D eigenvalue weighted by atomic mass is 9.95. The van der Waals surface area contributed by atoms with Gasteiger partial charge < -0.3 is 14.0 Å². The molecule has 2 heterocycles. The van der Waals surface area contributed by atoms with Crippen LogP contribution in [0, 0.1) is 0 Å². The summed E-state index contributed by atoms with van der Waals surface area (Å²) in [5.41, 5.74) is 4.10. The van der Waals surface area contributed by atoms with Gasteiger partial charge in [-0.25, -0.2) is 4.79 Å². The molecule has 0 spiro atoms. The Kier molecular flexibility index (Phi) is 9.63. The Hall–Kier alpha value is -3.64. The smallest absolute Gasteiger partial charge is 0.378 e. The molecular weight excluding hydrogens is 576 g/mol. The van der Waals surface area contributed by atoms with Crippen LogP contribution >= 0.6 is 0 Å². The number of esters is 1. The summed E-state index contributed by atoms with van der Waals surface area (Å²) in [4.78, 5) is 15.5. The van der Waals surface area contributed by atoms with E-state index in [1.165, 1.54) is 12.1 Å². The van der Waals surface area contributed by atoms with E-state index < -0.39 is 55.7 Å². The molecule has 0 atom stereocenters. The molecule has 42 heavy (non-hydrogen) atoms. The molecule has 3 rings (SSSR count). The summed E-state index contributed by atoms with van der Waals surface area (Å²) in [6.07, 6.45) is -2.13. The molecule has 2 aromatic heterocycles. The van der Waals surface area contributed by atoms with Crippen molar-refractivity contribution < 1.29 is 49.4 Å². The van der Waals surface area contributed by atoms with Gasteiger partial charge >= 0.3 is 29.7 Å². The Labute approximate surface area is 237 Å². The van der Waals surface area contributed by atoms with E-state index in [9.17, 15) is 39.9 Å². The number of benzene rings is 1. The first-order valence-electron chi connectivity index (χ1n) is 13.0. The molecule has 0 aliphatic heterocycles. The Balaban J connectivity index is 1.75. The number of carbonyl (C=O) groups is 1. The van der Waals surface area contributed by atoms with Crippen molar-refractivity contribution in [2.24, 2.45) is 7.05 Å².